The van der Waals surface area contributed by atoms with Crippen LogP contribution in [0.1, 0.15) is 51.3 Å². The molecule has 27 heavy (non-hydrogen) atoms. The summed E-state index contributed by atoms with van der Waals surface area (Å²) in [4.78, 5) is 14.9. The molecule has 0 fully saturated rings. The van der Waals surface area contributed by atoms with Gasteiger partial charge in [-0.05, 0) is 65.8 Å². The molecule has 0 saturated carbocycles. The average Bonchev–Trinajstić information content (AvgIpc) is 2.93. The molecule has 1 aromatic heterocycles. The van der Waals surface area contributed by atoms with Crippen LogP contribution in [0.2, 0.25) is 0 Å². The lowest BCUT2D eigenvalue weighted by Crippen LogP contribution is -2.12. The van der Waals surface area contributed by atoms with Crippen LogP contribution in [0, 0.1) is 6.92 Å². The molecule has 0 aliphatic heterocycles. The zero-order chi connectivity index (χ0) is 19.9. The molecular formula is C23H28N2O2. The average molecular weight is 364 g/mol. The summed E-state index contributed by atoms with van der Waals surface area (Å²) < 4.78 is 0. The Morgan fingerprint density at radius 2 is 1.89 bits per heavy atom. The third-order valence-corrected chi connectivity index (χ3v) is 4.98. The molecule has 1 heterocycles. The lowest BCUT2D eigenvalue weighted by Gasteiger charge is -2.22. The van der Waals surface area contributed by atoms with Gasteiger partial charge in [0, 0.05) is 34.8 Å². The number of anilines is 1. The first kappa shape index (κ1) is 19.0. The molecule has 4 nitrogen and oxygen atoms in total. The van der Waals surface area contributed by atoms with Crippen LogP contribution in [-0.2, 0) is 16.6 Å². The first-order valence-corrected chi connectivity index (χ1v) is 9.38. The zero-order valence-corrected chi connectivity index (χ0v) is 16.9. The molecular weight excluding hydrogens is 336 g/mol. The van der Waals surface area contributed by atoms with Crippen molar-refractivity contribution in [3.63, 3.8) is 0 Å². The van der Waals surface area contributed by atoms with Crippen molar-refractivity contribution in [2.75, 3.05) is 5.32 Å². The smallest absolute Gasteiger partial charge is 0.221 e. The van der Waals surface area contributed by atoms with E-state index in [0.717, 1.165) is 45.4 Å². The Bertz CT molecular complexity index is 1020. The second-order valence-electron chi connectivity index (χ2n) is 8.21. The molecule has 0 radical (unpaired) electrons. The fourth-order valence-corrected chi connectivity index (χ4v) is 3.64. The van der Waals surface area contributed by atoms with E-state index in [0.29, 0.717) is 5.75 Å². The van der Waals surface area contributed by atoms with E-state index >= 15 is 0 Å². The molecule has 142 valence electrons. The van der Waals surface area contributed by atoms with Crippen LogP contribution in [0.25, 0.3) is 22.2 Å². The number of phenolic OH excluding ortho intramolecular Hbond substituents is 1. The highest BCUT2D eigenvalue weighted by Gasteiger charge is 2.22. The van der Waals surface area contributed by atoms with Crippen LogP contribution >= 0.6 is 0 Å². The number of benzene rings is 2. The zero-order valence-electron chi connectivity index (χ0n) is 16.9. The van der Waals surface area contributed by atoms with E-state index in [1.165, 1.54) is 12.5 Å². The maximum Gasteiger partial charge on any atom is 0.221 e. The Morgan fingerprint density at radius 1 is 1.19 bits per heavy atom. The second kappa shape index (κ2) is 6.76. The molecule has 3 aromatic rings. The number of phenols is 1. The Hall–Kier alpha value is -2.75. The van der Waals surface area contributed by atoms with Crippen LogP contribution in [0.3, 0.4) is 0 Å². The molecule has 3 rings (SSSR count). The fourth-order valence-electron chi connectivity index (χ4n) is 3.64. The number of nitrogens with one attached hydrogen (secondary N) is 2. The van der Waals surface area contributed by atoms with Gasteiger partial charge in [-0.1, -0.05) is 27.7 Å². The summed E-state index contributed by atoms with van der Waals surface area (Å²) in [5.41, 5.74) is 6.86. The first-order chi connectivity index (χ1) is 12.6. The van der Waals surface area contributed by atoms with E-state index < -0.39 is 0 Å². The standard InChI is InChI=1S/C23H28N2O2/c1-7-17-18-12-16(24-14(3)26)8-9-20(18)25-21(17)15-10-13(2)22(27)19(11-15)23(4,5)6/h8-12,25,27H,7H2,1-6H3,(H,24,26). The van der Waals surface area contributed by atoms with Gasteiger partial charge in [0.15, 0.2) is 0 Å². The lowest BCUT2D eigenvalue weighted by atomic mass is 9.83. The number of carbonyl (C=O) groups excluding carboxylic acids is 1. The maximum atomic E-state index is 11.4. The van der Waals surface area contributed by atoms with Gasteiger partial charge in [-0.25, -0.2) is 0 Å². The fraction of sp³-hybridized carbons (Fsp3) is 0.348. The maximum absolute atomic E-state index is 11.4. The molecule has 4 heteroatoms. The minimum atomic E-state index is -0.151. The molecule has 0 aliphatic rings. The summed E-state index contributed by atoms with van der Waals surface area (Å²) in [5.74, 6) is 0.292. The topological polar surface area (TPSA) is 65.1 Å². The highest BCUT2D eigenvalue weighted by molar-refractivity contribution is 5.96. The van der Waals surface area contributed by atoms with E-state index in [4.69, 9.17) is 0 Å². The Labute approximate surface area is 160 Å². The minimum absolute atomic E-state index is 0.0767. The van der Waals surface area contributed by atoms with Crippen molar-refractivity contribution < 1.29 is 9.90 Å². The molecule has 2 aromatic carbocycles. The quantitative estimate of drug-likeness (QED) is 0.561. The predicted octanol–water partition coefficient (Wildman–Crippen LogP) is 5.67. The van der Waals surface area contributed by atoms with Gasteiger partial charge >= 0.3 is 0 Å². The van der Waals surface area contributed by atoms with Crippen molar-refractivity contribution >= 4 is 22.5 Å². The van der Waals surface area contributed by atoms with Gasteiger partial charge in [0.25, 0.3) is 0 Å². The largest absolute Gasteiger partial charge is 0.507 e. The molecule has 3 N–H and O–H groups in total. The van der Waals surface area contributed by atoms with Crippen molar-refractivity contribution in [2.24, 2.45) is 0 Å². The van der Waals surface area contributed by atoms with Crippen molar-refractivity contribution in [1.82, 2.24) is 4.98 Å². The normalized spacial score (nSPS) is 11.8. The van der Waals surface area contributed by atoms with Crippen LogP contribution in [-0.4, -0.2) is 16.0 Å². The number of hydrogen-bond acceptors (Lipinski definition) is 2. The number of aromatic hydroxyl groups is 1. The number of aromatic amines is 1. The summed E-state index contributed by atoms with van der Waals surface area (Å²) >= 11 is 0. The van der Waals surface area contributed by atoms with Gasteiger partial charge in [-0.3, -0.25) is 4.79 Å². The van der Waals surface area contributed by atoms with Crippen LogP contribution in [0.15, 0.2) is 30.3 Å². The molecule has 0 saturated heterocycles. The second-order valence-corrected chi connectivity index (χ2v) is 8.21. The predicted molar refractivity (Wildman–Crippen MR) is 113 cm³/mol. The third kappa shape index (κ3) is 3.57. The van der Waals surface area contributed by atoms with Crippen molar-refractivity contribution in [3.05, 3.63) is 47.0 Å². The third-order valence-electron chi connectivity index (χ3n) is 4.98. The van der Waals surface area contributed by atoms with E-state index in [-0.39, 0.29) is 11.3 Å². The van der Waals surface area contributed by atoms with Gasteiger partial charge in [-0.15, -0.1) is 0 Å². The van der Waals surface area contributed by atoms with Gasteiger partial charge in [0.05, 0.1) is 0 Å². The molecule has 0 spiro atoms. The van der Waals surface area contributed by atoms with Crippen LogP contribution < -0.4 is 5.32 Å². The number of aromatic nitrogens is 1. The lowest BCUT2D eigenvalue weighted by molar-refractivity contribution is -0.114. The van der Waals surface area contributed by atoms with Gasteiger partial charge in [0.2, 0.25) is 5.91 Å². The van der Waals surface area contributed by atoms with Gasteiger partial charge in [-0.2, -0.15) is 0 Å². The summed E-state index contributed by atoms with van der Waals surface area (Å²) in [5, 5.41) is 14.5. The SMILES string of the molecule is CCc1c(-c2cc(C)c(O)c(C(C)(C)C)c2)[nH]c2ccc(NC(C)=O)cc12. The highest BCUT2D eigenvalue weighted by atomic mass is 16.3. The van der Waals surface area contributed by atoms with Gasteiger partial charge < -0.3 is 15.4 Å². The number of aryl methyl sites for hydroxylation is 2. The van der Waals surface area contributed by atoms with Crippen molar-refractivity contribution in [2.45, 2.75) is 53.4 Å². The van der Waals surface area contributed by atoms with E-state index in [2.05, 4.69) is 44.1 Å². The number of rotatable bonds is 3. The van der Waals surface area contributed by atoms with Crippen molar-refractivity contribution in [3.8, 4) is 17.0 Å². The van der Waals surface area contributed by atoms with Crippen molar-refractivity contribution in [1.29, 1.82) is 0 Å². The Balaban J connectivity index is 2.23. The molecule has 0 atom stereocenters. The van der Waals surface area contributed by atoms with E-state index in [1.54, 1.807) is 0 Å². The van der Waals surface area contributed by atoms with E-state index in [1.807, 2.05) is 31.2 Å². The van der Waals surface area contributed by atoms with Crippen LogP contribution in [0.5, 0.6) is 5.75 Å². The summed E-state index contributed by atoms with van der Waals surface area (Å²) in [6.45, 7) is 11.9. The number of fused-ring (bicyclic) bond motifs is 1. The summed E-state index contributed by atoms with van der Waals surface area (Å²) in [6.07, 6.45) is 0.865. The summed E-state index contributed by atoms with van der Waals surface area (Å²) in [6, 6.07) is 10.0. The van der Waals surface area contributed by atoms with Crippen LogP contribution in [0.4, 0.5) is 5.69 Å². The van der Waals surface area contributed by atoms with Gasteiger partial charge in [0.1, 0.15) is 5.75 Å². The number of hydrogen-bond donors (Lipinski definition) is 3. The molecule has 0 unspecified atom stereocenters. The number of carbonyl (C=O) groups is 1. The van der Waals surface area contributed by atoms with E-state index in [9.17, 15) is 9.90 Å². The first-order valence-electron chi connectivity index (χ1n) is 9.38. The molecule has 1 amide bonds. The summed E-state index contributed by atoms with van der Waals surface area (Å²) in [7, 11) is 0. The minimum Gasteiger partial charge on any atom is -0.507 e. The number of H-pyrrole nitrogens is 1. The monoisotopic (exact) mass is 364 g/mol. The molecule has 0 bridgehead atoms. The number of amides is 1. The Morgan fingerprint density at radius 3 is 2.48 bits per heavy atom. The molecule has 0 aliphatic carbocycles. The highest BCUT2D eigenvalue weighted by Crippen LogP contribution is 2.39. The Kier molecular flexibility index (Phi) is 4.77.